The van der Waals surface area contributed by atoms with E-state index in [0.29, 0.717) is 12.3 Å². The number of fused-ring (bicyclic) bond motifs is 1. The number of aliphatic hydroxyl groups is 2. The van der Waals surface area contributed by atoms with Gasteiger partial charge in [0.2, 0.25) is 0 Å². The van der Waals surface area contributed by atoms with E-state index in [1.165, 1.54) is 5.57 Å². The molecule has 2 aliphatic carbocycles. The zero-order valence-corrected chi connectivity index (χ0v) is 11.5. The Morgan fingerprint density at radius 1 is 1.29 bits per heavy atom. The molecule has 1 saturated carbocycles. The van der Waals surface area contributed by atoms with Crippen molar-refractivity contribution < 1.29 is 10.2 Å². The van der Waals surface area contributed by atoms with Gasteiger partial charge in [-0.2, -0.15) is 0 Å². The van der Waals surface area contributed by atoms with Crippen LogP contribution in [0.1, 0.15) is 53.4 Å². The molecule has 0 amide bonds. The van der Waals surface area contributed by atoms with Crippen molar-refractivity contribution in [3.8, 4) is 0 Å². The molecule has 4 atom stereocenters. The van der Waals surface area contributed by atoms with Gasteiger partial charge in [0, 0.05) is 11.3 Å². The molecule has 0 radical (unpaired) electrons. The molecule has 0 heterocycles. The molecule has 0 bridgehead atoms. The highest BCUT2D eigenvalue weighted by molar-refractivity contribution is 5.21. The summed E-state index contributed by atoms with van der Waals surface area (Å²) in [5.41, 5.74) is 0.649. The minimum Gasteiger partial charge on any atom is -0.393 e. The van der Waals surface area contributed by atoms with E-state index in [9.17, 15) is 10.2 Å². The fraction of sp³-hybridized carbons (Fsp3) is 0.867. The summed E-state index contributed by atoms with van der Waals surface area (Å²) in [5, 5.41) is 20.9. The van der Waals surface area contributed by atoms with E-state index >= 15 is 0 Å². The fourth-order valence-corrected chi connectivity index (χ4v) is 3.72. The summed E-state index contributed by atoms with van der Waals surface area (Å²) in [6.45, 7) is 8.50. The molecule has 98 valence electrons. The summed E-state index contributed by atoms with van der Waals surface area (Å²) in [6.07, 6.45) is 5.49. The van der Waals surface area contributed by atoms with Crippen LogP contribution >= 0.6 is 0 Å². The zero-order valence-electron chi connectivity index (χ0n) is 11.5. The second-order valence-corrected chi connectivity index (χ2v) is 6.79. The molecule has 2 rings (SSSR count). The summed E-state index contributed by atoms with van der Waals surface area (Å²) >= 11 is 0. The van der Waals surface area contributed by atoms with Gasteiger partial charge in [0.15, 0.2) is 0 Å². The van der Waals surface area contributed by atoms with E-state index < -0.39 is 5.60 Å². The van der Waals surface area contributed by atoms with Crippen LogP contribution < -0.4 is 0 Å². The van der Waals surface area contributed by atoms with Gasteiger partial charge in [0.1, 0.15) is 0 Å². The van der Waals surface area contributed by atoms with E-state index in [0.717, 1.165) is 19.3 Å². The molecule has 0 aliphatic heterocycles. The van der Waals surface area contributed by atoms with Crippen LogP contribution in [0.2, 0.25) is 0 Å². The Bertz CT molecular complexity index is 330. The third kappa shape index (κ3) is 2.06. The van der Waals surface area contributed by atoms with Crippen molar-refractivity contribution in [3.05, 3.63) is 11.6 Å². The van der Waals surface area contributed by atoms with Crippen molar-refractivity contribution >= 4 is 0 Å². The lowest BCUT2D eigenvalue weighted by Crippen LogP contribution is -2.55. The highest BCUT2D eigenvalue weighted by atomic mass is 16.3. The highest BCUT2D eigenvalue weighted by Crippen LogP contribution is 2.53. The number of hydrogen-bond acceptors (Lipinski definition) is 2. The first-order valence-electron chi connectivity index (χ1n) is 6.88. The smallest absolute Gasteiger partial charge is 0.0689 e. The van der Waals surface area contributed by atoms with Crippen LogP contribution in [0.5, 0.6) is 0 Å². The minimum atomic E-state index is -0.658. The van der Waals surface area contributed by atoms with Crippen molar-refractivity contribution in [2.24, 2.45) is 17.3 Å². The molecule has 0 aromatic carbocycles. The quantitative estimate of drug-likeness (QED) is 0.690. The summed E-state index contributed by atoms with van der Waals surface area (Å²) in [6, 6.07) is 0. The maximum Gasteiger partial charge on any atom is 0.0689 e. The topological polar surface area (TPSA) is 40.5 Å². The second-order valence-electron chi connectivity index (χ2n) is 6.79. The number of hydrogen-bond donors (Lipinski definition) is 2. The Balaban J connectivity index is 2.38. The van der Waals surface area contributed by atoms with Crippen molar-refractivity contribution in [3.63, 3.8) is 0 Å². The van der Waals surface area contributed by atoms with Gasteiger partial charge in [0.05, 0.1) is 11.7 Å². The van der Waals surface area contributed by atoms with Gasteiger partial charge in [-0.3, -0.25) is 0 Å². The van der Waals surface area contributed by atoms with Crippen molar-refractivity contribution in [1.82, 2.24) is 0 Å². The van der Waals surface area contributed by atoms with E-state index in [2.05, 4.69) is 26.8 Å². The molecule has 0 spiro atoms. The average Bonchev–Trinajstić information content (AvgIpc) is 2.24. The molecule has 1 fully saturated rings. The largest absolute Gasteiger partial charge is 0.393 e. The van der Waals surface area contributed by atoms with Crippen LogP contribution in [0.4, 0.5) is 0 Å². The average molecular weight is 238 g/mol. The molecule has 2 aliphatic rings. The number of aliphatic hydroxyl groups excluding tert-OH is 1. The SMILES string of the molecule is CC(C)C1=CC2C(C)(O)CCC(O)C2(C)CC1. The predicted octanol–water partition coefficient (Wildman–Crippen LogP) is 2.89. The van der Waals surface area contributed by atoms with E-state index in [1.54, 1.807) is 0 Å². The van der Waals surface area contributed by atoms with Gasteiger partial charge in [-0.1, -0.05) is 32.4 Å². The standard InChI is InChI=1S/C15H26O2/c1-10(2)11-5-7-14(3)12(9-11)15(4,17)8-6-13(14)16/h9-10,12-13,16-17H,5-8H2,1-4H3. The normalized spacial score (nSPS) is 46.6. The molecular weight excluding hydrogens is 212 g/mol. The molecule has 2 nitrogen and oxygen atoms in total. The van der Waals surface area contributed by atoms with Gasteiger partial charge in [-0.25, -0.2) is 0 Å². The first-order valence-corrected chi connectivity index (χ1v) is 6.88. The first kappa shape index (κ1) is 13.1. The zero-order chi connectivity index (χ0) is 12.8. The lowest BCUT2D eigenvalue weighted by atomic mass is 9.55. The molecular formula is C15H26O2. The third-order valence-corrected chi connectivity index (χ3v) is 5.14. The Morgan fingerprint density at radius 3 is 2.53 bits per heavy atom. The van der Waals surface area contributed by atoms with Gasteiger partial charge in [-0.15, -0.1) is 0 Å². The number of allylic oxidation sites excluding steroid dienone is 1. The van der Waals surface area contributed by atoms with Crippen molar-refractivity contribution in [2.75, 3.05) is 0 Å². The summed E-state index contributed by atoms with van der Waals surface area (Å²) in [4.78, 5) is 0. The second kappa shape index (κ2) is 4.10. The van der Waals surface area contributed by atoms with Gasteiger partial charge in [-0.05, 0) is 38.5 Å². The maximum absolute atomic E-state index is 10.6. The van der Waals surface area contributed by atoms with Crippen LogP contribution in [-0.4, -0.2) is 21.9 Å². The van der Waals surface area contributed by atoms with Crippen LogP contribution in [0.25, 0.3) is 0 Å². The van der Waals surface area contributed by atoms with Crippen molar-refractivity contribution in [1.29, 1.82) is 0 Å². The fourth-order valence-electron chi connectivity index (χ4n) is 3.72. The van der Waals surface area contributed by atoms with Gasteiger partial charge in [0.25, 0.3) is 0 Å². The minimum absolute atomic E-state index is 0.102. The Hall–Kier alpha value is -0.340. The van der Waals surface area contributed by atoms with Gasteiger partial charge < -0.3 is 10.2 Å². The summed E-state index contributed by atoms with van der Waals surface area (Å²) in [7, 11) is 0. The number of rotatable bonds is 1. The van der Waals surface area contributed by atoms with Crippen molar-refractivity contribution in [2.45, 2.75) is 65.1 Å². The first-order chi connectivity index (χ1) is 7.77. The maximum atomic E-state index is 10.6. The monoisotopic (exact) mass is 238 g/mol. The third-order valence-electron chi connectivity index (χ3n) is 5.14. The van der Waals surface area contributed by atoms with Crippen LogP contribution in [0.15, 0.2) is 11.6 Å². The lowest BCUT2D eigenvalue weighted by Gasteiger charge is -2.54. The molecule has 2 heteroatoms. The van der Waals surface area contributed by atoms with Crippen LogP contribution in [-0.2, 0) is 0 Å². The molecule has 4 unspecified atom stereocenters. The summed E-state index contributed by atoms with van der Waals surface area (Å²) < 4.78 is 0. The lowest BCUT2D eigenvalue weighted by molar-refractivity contribution is -0.138. The Morgan fingerprint density at radius 2 is 1.94 bits per heavy atom. The molecule has 0 aromatic rings. The van der Waals surface area contributed by atoms with E-state index in [1.807, 2.05) is 6.92 Å². The van der Waals surface area contributed by atoms with E-state index in [4.69, 9.17) is 0 Å². The van der Waals surface area contributed by atoms with Gasteiger partial charge >= 0.3 is 0 Å². The summed E-state index contributed by atoms with van der Waals surface area (Å²) in [5.74, 6) is 0.652. The Kier molecular flexibility index (Phi) is 3.16. The molecule has 2 N–H and O–H groups in total. The van der Waals surface area contributed by atoms with E-state index in [-0.39, 0.29) is 17.4 Å². The molecule has 0 aromatic heterocycles. The predicted molar refractivity (Wildman–Crippen MR) is 69.6 cm³/mol. The molecule has 0 saturated heterocycles. The van der Waals surface area contributed by atoms with Crippen LogP contribution in [0.3, 0.4) is 0 Å². The Labute approximate surface area is 105 Å². The highest BCUT2D eigenvalue weighted by Gasteiger charge is 2.52. The van der Waals surface area contributed by atoms with Crippen LogP contribution in [0, 0.1) is 17.3 Å². The molecule has 17 heavy (non-hydrogen) atoms.